The van der Waals surface area contributed by atoms with Crippen molar-refractivity contribution in [3.05, 3.63) is 242 Å². The SMILES string of the molecule is CC1(C)c2ccccc2-c2ccc(N(c3ccc(-c4ccccc4)cc3)c3ccc(-c4ccc(N(c5ccc6oc7ccccc7c6c5)c5cccc6c5oc5ccccc56)cc4)cc3)cc21. The van der Waals surface area contributed by atoms with Crippen LogP contribution in [-0.2, 0) is 5.41 Å². The van der Waals surface area contributed by atoms with Crippen LogP contribution in [0.15, 0.2) is 239 Å². The molecule has 10 aromatic carbocycles. The van der Waals surface area contributed by atoms with Crippen molar-refractivity contribution in [1.29, 1.82) is 0 Å². The molecule has 4 nitrogen and oxygen atoms in total. The summed E-state index contributed by atoms with van der Waals surface area (Å²) in [5.41, 5.74) is 19.7. The van der Waals surface area contributed by atoms with Crippen molar-refractivity contribution < 1.29 is 8.83 Å². The van der Waals surface area contributed by atoms with Gasteiger partial charge in [0.15, 0.2) is 5.58 Å². The van der Waals surface area contributed by atoms with Crippen LogP contribution < -0.4 is 9.80 Å². The molecule has 0 amide bonds. The minimum Gasteiger partial charge on any atom is -0.456 e. The third-order valence-corrected chi connectivity index (χ3v) is 13.9. The molecular weight excluding hydrogens is 817 g/mol. The third kappa shape index (κ3) is 6.36. The largest absolute Gasteiger partial charge is 0.456 e. The van der Waals surface area contributed by atoms with Crippen molar-refractivity contribution in [2.75, 3.05) is 9.80 Å². The van der Waals surface area contributed by atoms with Crippen molar-refractivity contribution in [2.45, 2.75) is 19.3 Å². The molecule has 0 radical (unpaired) electrons. The zero-order valence-electron chi connectivity index (χ0n) is 37.2. The highest BCUT2D eigenvalue weighted by Gasteiger charge is 2.35. The molecule has 0 aliphatic heterocycles. The summed E-state index contributed by atoms with van der Waals surface area (Å²) in [6, 6.07) is 82.6. The van der Waals surface area contributed by atoms with Crippen molar-refractivity contribution in [2.24, 2.45) is 0 Å². The first kappa shape index (κ1) is 38.8. The van der Waals surface area contributed by atoms with Gasteiger partial charge in [-0.15, -0.1) is 0 Å². The molecule has 2 heterocycles. The molecule has 0 N–H and O–H groups in total. The molecular formula is C63H44N2O2. The number of rotatable bonds is 8. The molecule has 12 aromatic rings. The Kier molecular flexibility index (Phi) is 8.84. The molecule has 0 saturated carbocycles. The molecule has 4 heteroatoms. The highest BCUT2D eigenvalue weighted by Crippen LogP contribution is 2.51. The molecule has 0 atom stereocenters. The first-order chi connectivity index (χ1) is 33.0. The van der Waals surface area contributed by atoms with Gasteiger partial charge in [0, 0.05) is 55.4 Å². The van der Waals surface area contributed by atoms with E-state index < -0.39 is 0 Å². The third-order valence-electron chi connectivity index (χ3n) is 13.9. The quantitative estimate of drug-likeness (QED) is 0.152. The lowest BCUT2D eigenvalue weighted by Gasteiger charge is -2.28. The number of furan rings is 2. The Hall–Kier alpha value is -8.60. The van der Waals surface area contributed by atoms with Gasteiger partial charge in [-0.25, -0.2) is 0 Å². The van der Waals surface area contributed by atoms with Gasteiger partial charge in [0.05, 0.1) is 5.69 Å². The second-order valence-electron chi connectivity index (χ2n) is 18.1. The normalized spacial score (nSPS) is 12.7. The van der Waals surface area contributed by atoms with Crippen LogP contribution in [0.4, 0.5) is 34.1 Å². The highest BCUT2D eigenvalue weighted by molar-refractivity contribution is 6.11. The molecule has 0 bridgehead atoms. The number of anilines is 6. The molecule has 0 saturated heterocycles. The number of fused-ring (bicyclic) bond motifs is 9. The summed E-state index contributed by atoms with van der Waals surface area (Å²) in [6.07, 6.45) is 0. The van der Waals surface area contributed by atoms with E-state index in [1.807, 2.05) is 24.3 Å². The summed E-state index contributed by atoms with van der Waals surface area (Å²) in [5, 5.41) is 4.34. The van der Waals surface area contributed by atoms with Gasteiger partial charge in [-0.3, -0.25) is 0 Å². The first-order valence-electron chi connectivity index (χ1n) is 23.0. The van der Waals surface area contributed by atoms with Gasteiger partial charge in [-0.05, 0) is 129 Å². The van der Waals surface area contributed by atoms with Gasteiger partial charge in [0.25, 0.3) is 0 Å². The summed E-state index contributed by atoms with van der Waals surface area (Å²) < 4.78 is 12.9. The lowest BCUT2D eigenvalue weighted by atomic mass is 9.82. The van der Waals surface area contributed by atoms with Gasteiger partial charge < -0.3 is 18.6 Å². The van der Waals surface area contributed by atoms with Crippen LogP contribution in [0.5, 0.6) is 0 Å². The van der Waals surface area contributed by atoms with E-state index in [9.17, 15) is 0 Å². The maximum atomic E-state index is 6.65. The minimum atomic E-state index is -0.116. The van der Waals surface area contributed by atoms with E-state index in [1.54, 1.807) is 0 Å². The second kappa shape index (κ2) is 15.3. The summed E-state index contributed by atoms with van der Waals surface area (Å²) in [4.78, 5) is 4.69. The monoisotopic (exact) mass is 860 g/mol. The summed E-state index contributed by atoms with van der Waals surface area (Å²) in [5.74, 6) is 0. The fourth-order valence-corrected chi connectivity index (χ4v) is 10.5. The van der Waals surface area contributed by atoms with Crippen LogP contribution in [0.1, 0.15) is 25.0 Å². The van der Waals surface area contributed by atoms with E-state index in [0.717, 1.165) is 89.1 Å². The highest BCUT2D eigenvalue weighted by atomic mass is 16.3. The zero-order chi connectivity index (χ0) is 44.6. The predicted molar refractivity (Wildman–Crippen MR) is 279 cm³/mol. The fraction of sp³-hybridized carbons (Fsp3) is 0.0476. The lowest BCUT2D eigenvalue weighted by Crippen LogP contribution is -2.16. The Morgan fingerprint density at radius 2 is 0.791 bits per heavy atom. The number of para-hydroxylation sites is 3. The average Bonchev–Trinajstić information content (AvgIpc) is 4.03. The molecule has 1 aliphatic carbocycles. The Morgan fingerprint density at radius 1 is 0.313 bits per heavy atom. The number of hydrogen-bond donors (Lipinski definition) is 0. The van der Waals surface area contributed by atoms with Crippen molar-refractivity contribution in [3.8, 4) is 33.4 Å². The molecule has 13 rings (SSSR count). The smallest absolute Gasteiger partial charge is 0.159 e. The Balaban J connectivity index is 0.886. The van der Waals surface area contributed by atoms with Crippen LogP contribution in [0.3, 0.4) is 0 Å². The standard InChI is InChI=1S/C63H44N2O2/c1-63(2)56-19-9-6-15-50(56)51-37-35-49(40-57(51)63)64(45-29-23-42(24-30-45)41-13-4-3-5-14-41)46-31-25-43(26-32-46)44-27-33-47(34-28-44)65(48-36-38-61-55(39-48)53-17-8-10-21-59(53)66-61)58-20-12-18-54-52-16-7-11-22-60(52)67-62(54)58/h3-40H,1-2H3. The van der Waals surface area contributed by atoms with Gasteiger partial charge in [-0.2, -0.15) is 0 Å². The molecule has 0 fully saturated rings. The molecule has 2 aromatic heterocycles. The van der Waals surface area contributed by atoms with Crippen LogP contribution >= 0.6 is 0 Å². The molecule has 67 heavy (non-hydrogen) atoms. The van der Waals surface area contributed by atoms with Crippen LogP contribution in [-0.4, -0.2) is 0 Å². The Morgan fingerprint density at radius 3 is 1.48 bits per heavy atom. The van der Waals surface area contributed by atoms with E-state index in [4.69, 9.17) is 8.83 Å². The fourth-order valence-electron chi connectivity index (χ4n) is 10.5. The van der Waals surface area contributed by atoms with E-state index in [2.05, 4.69) is 230 Å². The van der Waals surface area contributed by atoms with E-state index in [1.165, 1.54) is 33.4 Å². The zero-order valence-corrected chi connectivity index (χ0v) is 37.2. The second-order valence-corrected chi connectivity index (χ2v) is 18.1. The first-order valence-corrected chi connectivity index (χ1v) is 23.0. The summed E-state index contributed by atoms with van der Waals surface area (Å²) >= 11 is 0. The number of nitrogens with zero attached hydrogens (tertiary/aromatic N) is 2. The van der Waals surface area contributed by atoms with E-state index in [0.29, 0.717) is 0 Å². The lowest BCUT2D eigenvalue weighted by molar-refractivity contribution is 0.660. The van der Waals surface area contributed by atoms with Crippen molar-refractivity contribution >= 4 is 78.0 Å². The summed E-state index contributed by atoms with van der Waals surface area (Å²) in [6.45, 7) is 4.69. The maximum absolute atomic E-state index is 6.65. The summed E-state index contributed by atoms with van der Waals surface area (Å²) in [7, 11) is 0. The van der Waals surface area contributed by atoms with Crippen molar-refractivity contribution in [1.82, 2.24) is 0 Å². The Bertz CT molecular complexity index is 3820. The number of benzene rings is 10. The van der Waals surface area contributed by atoms with Crippen LogP contribution in [0.25, 0.3) is 77.3 Å². The van der Waals surface area contributed by atoms with E-state index >= 15 is 0 Å². The Labute approximate surface area is 389 Å². The molecule has 0 spiro atoms. The molecule has 1 aliphatic rings. The maximum Gasteiger partial charge on any atom is 0.159 e. The van der Waals surface area contributed by atoms with Gasteiger partial charge >= 0.3 is 0 Å². The van der Waals surface area contributed by atoms with Crippen LogP contribution in [0.2, 0.25) is 0 Å². The van der Waals surface area contributed by atoms with E-state index in [-0.39, 0.29) is 5.41 Å². The van der Waals surface area contributed by atoms with Crippen LogP contribution in [0, 0.1) is 0 Å². The number of hydrogen-bond acceptors (Lipinski definition) is 4. The molecule has 318 valence electrons. The minimum absolute atomic E-state index is 0.116. The van der Waals surface area contributed by atoms with Crippen molar-refractivity contribution in [3.63, 3.8) is 0 Å². The topological polar surface area (TPSA) is 32.8 Å². The molecule has 0 unspecified atom stereocenters. The van der Waals surface area contributed by atoms with Gasteiger partial charge in [-0.1, -0.05) is 159 Å². The van der Waals surface area contributed by atoms with Gasteiger partial charge in [0.2, 0.25) is 0 Å². The predicted octanol–water partition coefficient (Wildman–Crippen LogP) is 18.1. The van der Waals surface area contributed by atoms with Gasteiger partial charge in [0.1, 0.15) is 16.7 Å². The average molecular weight is 861 g/mol.